The normalized spacial score (nSPS) is 14.4. The van der Waals surface area contributed by atoms with Gasteiger partial charge in [0.15, 0.2) is 5.82 Å². The lowest BCUT2D eigenvalue weighted by molar-refractivity contribution is -0.141. The predicted octanol–water partition coefficient (Wildman–Crippen LogP) is 5.07. The lowest BCUT2D eigenvalue weighted by atomic mass is 9.96. The number of carboxylic acid groups (broad SMARTS) is 1. The van der Waals surface area contributed by atoms with Gasteiger partial charge in [-0.25, -0.2) is 4.79 Å². The Bertz CT molecular complexity index is 1510. The molecule has 0 radical (unpaired) electrons. The molecule has 5 rings (SSSR count). The molecule has 0 saturated heterocycles. The van der Waals surface area contributed by atoms with E-state index in [0.717, 1.165) is 44.4 Å². The third-order valence-corrected chi connectivity index (χ3v) is 7.64. The second-order valence-corrected chi connectivity index (χ2v) is 9.84. The monoisotopic (exact) mass is 500 g/mol. The van der Waals surface area contributed by atoms with Gasteiger partial charge in [-0.3, -0.25) is 14.4 Å². The summed E-state index contributed by atoms with van der Waals surface area (Å²) >= 11 is 1.66. The number of carboxylic acids is 1. The molecule has 0 aliphatic carbocycles. The van der Waals surface area contributed by atoms with Crippen molar-refractivity contribution in [1.29, 1.82) is 0 Å². The van der Waals surface area contributed by atoms with Crippen molar-refractivity contribution in [3.05, 3.63) is 87.3 Å². The molecule has 1 aliphatic heterocycles. The minimum Gasteiger partial charge on any atom is -0.478 e. The van der Waals surface area contributed by atoms with Crippen LogP contribution in [-0.4, -0.2) is 44.6 Å². The molecule has 9 heteroatoms. The Morgan fingerprint density at radius 3 is 2.19 bits per heavy atom. The molecule has 0 spiro atoms. The first-order chi connectivity index (χ1) is 17.3. The van der Waals surface area contributed by atoms with Crippen molar-refractivity contribution in [1.82, 2.24) is 14.8 Å². The molecule has 2 aromatic carbocycles. The highest BCUT2D eigenvalue weighted by atomic mass is 32.1. The number of esters is 1. The van der Waals surface area contributed by atoms with Gasteiger partial charge in [0.05, 0.1) is 24.8 Å². The van der Waals surface area contributed by atoms with Crippen LogP contribution in [0.2, 0.25) is 0 Å². The number of methoxy groups -OCH3 is 1. The van der Waals surface area contributed by atoms with Gasteiger partial charge in [0, 0.05) is 16.0 Å². The molecule has 1 N–H and O–H groups in total. The molecule has 0 bridgehead atoms. The molecule has 4 aromatic rings. The lowest BCUT2D eigenvalue weighted by Crippen LogP contribution is -2.12. The first-order valence-corrected chi connectivity index (χ1v) is 12.2. The van der Waals surface area contributed by atoms with Crippen LogP contribution in [0.5, 0.6) is 0 Å². The number of benzene rings is 2. The average Bonchev–Trinajstić information content (AvgIpc) is 3.36. The van der Waals surface area contributed by atoms with E-state index in [1.807, 2.05) is 35.8 Å². The summed E-state index contributed by atoms with van der Waals surface area (Å²) in [6.45, 7) is 6.06. The van der Waals surface area contributed by atoms with Crippen molar-refractivity contribution in [3.63, 3.8) is 0 Å². The van der Waals surface area contributed by atoms with Gasteiger partial charge in [0.25, 0.3) is 0 Å². The van der Waals surface area contributed by atoms with Gasteiger partial charge in [-0.2, -0.15) is 0 Å². The van der Waals surface area contributed by atoms with E-state index in [0.29, 0.717) is 5.82 Å². The van der Waals surface area contributed by atoms with Crippen LogP contribution in [-0.2, 0) is 9.53 Å². The molecule has 0 saturated carbocycles. The number of thiophene rings is 1. The van der Waals surface area contributed by atoms with Crippen LogP contribution in [0.15, 0.2) is 53.5 Å². The molecule has 1 aliphatic rings. The van der Waals surface area contributed by atoms with Crippen molar-refractivity contribution in [2.75, 3.05) is 7.11 Å². The zero-order chi connectivity index (χ0) is 25.6. The number of nitrogens with zero attached hydrogens (tertiary/aromatic N) is 4. The summed E-state index contributed by atoms with van der Waals surface area (Å²) in [5.41, 5.74) is 5.96. The Morgan fingerprint density at radius 2 is 1.58 bits per heavy atom. The summed E-state index contributed by atoms with van der Waals surface area (Å²) in [7, 11) is 1.37. The Labute approximate surface area is 211 Å². The number of carbonyl (C=O) groups excluding carboxylic acids is 1. The largest absolute Gasteiger partial charge is 0.478 e. The standard InChI is InChI=1S/C27H24N4O4S/c1-14-15(2)36-26-23(14)24(28-21(13-22(32)35-4)25-30-29-16(3)31(25)26)19-9-5-17(6-10-19)18-7-11-20(12-8-18)27(33)34/h5-12,21H,13H2,1-4H3,(H,33,34)/t21-/m0/s1. The number of rotatable bonds is 5. The Morgan fingerprint density at radius 1 is 0.972 bits per heavy atom. The third-order valence-electron chi connectivity index (χ3n) is 6.45. The fraction of sp³-hybridized carbons (Fsp3) is 0.222. The van der Waals surface area contributed by atoms with E-state index >= 15 is 0 Å². The van der Waals surface area contributed by atoms with Crippen molar-refractivity contribution in [2.45, 2.75) is 33.2 Å². The fourth-order valence-electron chi connectivity index (χ4n) is 4.39. The Kier molecular flexibility index (Phi) is 6.01. The summed E-state index contributed by atoms with van der Waals surface area (Å²) in [4.78, 5) is 29.7. The minimum atomic E-state index is -0.951. The Balaban J connectivity index is 1.63. The number of aromatic carboxylic acids is 1. The van der Waals surface area contributed by atoms with Gasteiger partial charge in [-0.1, -0.05) is 36.4 Å². The third kappa shape index (κ3) is 4.01. The number of aromatic nitrogens is 3. The van der Waals surface area contributed by atoms with Crippen molar-refractivity contribution in [2.24, 2.45) is 4.99 Å². The summed E-state index contributed by atoms with van der Waals surface area (Å²) in [5.74, 6) is 0.0329. The number of aryl methyl sites for hydroxylation is 2. The first kappa shape index (κ1) is 23.6. The minimum absolute atomic E-state index is 0.0547. The SMILES string of the molecule is COC(=O)C[C@@H]1N=C(c2ccc(-c3ccc(C(=O)O)cc3)cc2)c2c(sc(C)c2C)-n2c(C)nnc21. The van der Waals surface area contributed by atoms with Crippen LogP contribution in [0.25, 0.3) is 16.1 Å². The van der Waals surface area contributed by atoms with E-state index in [4.69, 9.17) is 14.8 Å². The summed E-state index contributed by atoms with van der Waals surface area (Å²) in [5, 5.41) is 18.8. The molecule has 2 aromatic heterocycles. The van der Waals surface area contributed by atoms with Crippen LogP contribution < -0.4 is 0 Å². The summed E-state index contributed by atoms with van der Waals surface area (Å²) in [6.07, 6.45) is 0.0547. The molecule has 182 valence electrons. The maximum Gasteiger partial charge on any atom is 0.335 e. The van der Waals surface area contributed by atoms with Crippen LogP contribution in [0.3, 0.4) is 0 Å². The molecule has 0 fully saturated rings. The Hall–Kier alpha value is -4.11. The van der Waals surface area contributed by atoms with Crippen LogP contribution in [0.4, 0.5) is 0 Å². The quantitative estimate of drug-likeness (QED) is 0.383. The summed E-state index contributed by atoms with van der Waals surface area (Å²) in [6, 6.07) is 14.2. The zero-order valence-corrected chi connectivity index (χ0v) is 21.1. The average molecular weight is 501 g/mol. The van der Waals surface area contributed by atoms with E-state index in [-0.39, 0.29) is 18.0 Å². The maximum atomic E-state index is 12.3. The van der Waals surface area contributed by atoms with Crippen LogP contribution >= 0.6 is 11.3 Å². The highest BCUT2D eigenvalue weighted by molar-refractivity contribution is 7.15. The van der Waals surface area contributed by atoms with Gasteiger partial charge in [0.1, 0.15) is 16.9 Å². The lowest BCUT2D eigenvalue weighted by Gasteiger charge is -2.12. The van der Waals surface area contributed by atoms with Gasteiger partial charge >= 0.3 is 11.9 Å². The highest BCUT2D eigenvalue weighted by Gasteiger charge is 2.32. The number of fused-ring (bicyclic) bond motifs is 3. The van der Waals surface area contributed by atoms with E-state index < -0.39 is 12.0 Å². The number of hydrogen-bond acceptors (Lipinski definition) is 7. The predicted molar refractivity (Wildman–Crippen MR) is 137 cm³/mol. The van der Waals surface area contributed by atoms with Gasteiger partial charge in [0.2, 0.25) is 0 Å². The van der Waals surface area contributed by atoms with Crippen molar-refractivity contribution >= 4 is 29.0 Å². The molecule has 36 heavy (non-hydrogen) atoms. The molecular formula is C27H24N4O4S. The molecule has 3 heterocycles. The van der Waals surface area contributed by atoms with Crippen molar-refractivity contribution < 1.29 is 19.4 Å². The van der Waals surface area contributed by atoms with Crippen LogP contribution in [0, 0.1) is 20.8 Å². The van der Waals surface area contributed by atoms with E-state index in [1.54, 1.807) is 35.6 Å². The molecule has 1 atom stereocenters. The van der Waals surface area contributed by atoms with Gasteiger partial charge < -0.3 is 9.84 Å². The van der Waals surface area contributed by atoms with Crippen molar-refractivity contribution in [3.8, 4) is 16.1 Å². The zero-order valence-electron chi connectivity index (χ0n) is 20.3. The van der Waals surface area contributed by atoms with E-state index in [9.17, 15) is 9.59 Å². The van der Waals surface area contributed by atoms with Gasteiger partial charge in [-0.05, 0) is 49.6 Å². The van der Waals surface area contributed by atoms with Gasteiger partial charge in [-0.15, -0.1) is 21.5 Å². The summed E-state index contributed by atoms with van der Waals surface area (Å²) < 4.78 is 6.95. The number of ether oxygens (including phenoxy) is 1. The molecule has 8 nitrogen and oxygen atoms in total. The second kappa shape index (κ2) is 9.16. The van der Waals surface area contributed by atoms with E-state index in [2.05, 4.69) is 24.0 Å². The van der Waals surface area contributed by atoms with Crippen LogP contribution in [0.1, 0.15) is 56.0 Å². The maximum absolute atomic E-state index is 12.3. The number of aliphatic imine (C=N–C) groups is 1. The number of hydrogen-bond donors (Lipinski definition) is 1. The molecule has 0 unspecified atom stereocenters. The molecule has 0 amide bonds. The number of carbonyl (C=O) groups is 2. The second-order valence-electron chi connectivity index (χ2n) is 8.64. The topological polar surface area (TPSA) is 107 Å². The van der Waals surface area contributed by atoms with E-state index in [1.165, 1.54) is 12.0 Å². The molecular weight excluding hydrogens is 476 g/mol. The smallest absolute Gasteiger partial charge is 0.335 e. The first-order valence-electron chi connectivity index (χ1n) is 11.4. The fourth-order valence-corrected chi connectivity index (χ4v) is 5.61. The highest BCUT2D eigenvalue weighted by Crippen LogP contribution is 2.39.